The third-order valence-electron chi connectivity index (χ3n) is 4.23. The molecule has 0 saturated carbocycles. The van der Waals surface area contributed by atoms with Crippen LogP contribution in [-0.2, 0) is 4.79 Å². The summed E-state index contributed by atoms with van der Waals surface area (Å²) >= 11 is 0. The van der Waals surface area contributed by atoms with Crippen LogP contribution in [-0.4, -0.2) is 39.8 Å². The van der Waals surface area contributed by atoms with Crippen molar-refractivity contribution < 1.29 is 9.53 Å². The second-order valence-corrected chi connectivity index (χ2v) is 5.97. The van der Waals surface area contributed by atoms with Crippen LogP contribution in [0.5, 0.6) is 5.75 Å². The van der Waals surface area contributed by atoms with Gasteiger partial charge < -0.3 is 9.64 Å². The normalized spacial score (nSPS) is 18.7. The van der Waals surface area contributed by atoms with Crippen molar-refractivity contribution in [2.75, 3.05) is 13.1 Å². The second-order valence-electron chi connectivity index (χ2n) is 5.97. The number of rotatable bonds is 4. The number of amides is 1. The molecule has 0 N–H and O–H groups in total. The highest BCUT2D eigenvalue weighted by Crippen LogP contribution is 2.22. The van der Waals surface area contributed by atoms with Crippen LogP contribution in [0, 0.1) is 11.3 Å². The third kappa shape index (κ3) is 3.57. The smallest absolute Gasteiger partial charge is 0.263 e. The molecular weight excluding hydrogens is 304 g/mol. The minimum absolute atomic E-state index is 0.0331. The largest absolute Gasteiger partial charge is 0.481 e. The fourth-order valence-corrected chi connectivity index (χ4v) is 3.02. The molecule has 3 rings (SSSR count). The van der Waals surface area contributed by atoms with Crippen LogP contribution in [0.3, 0.4) is 0 Å². The summed E-state index contributed by atoms with van der Waals surface area (Å²) < 4.78 is 7.65. The van der Waals surface area contributed by atoms with Crippen molar-refractivity contribution in [3.8, 4) is 11.8 Å². The van der Waals surface area contributed by atoms with E-state index in [9.17, 15) is 4.79 Å². The van der Waals surface area contributed by atoms with E-state index in [4.69, 9.17) is 10.00 Å². The topological polar surface area (TPSA) is 71.2 Å². The van der Waals surface area contributed by atoms with Crippen molar-refractivity contribution in [1.82, 2.24) is 14.7 Å². The molecular formula is C18H20N4O2. The van der Waals surface area contributed by atoms with Gasteiger partial charge in [0.2, 0.25) is 0 Å². The molecule has 6 nitrogen and oxygen atoms in total. The highest BCUT2D eigenvalue weighted by Gasteiger charge is 2.28. The quantitative estimate of drug-likeness (QED) is 0.866. The number of benzene rings is 1. The fraction of sp³-hybridized carbons (Fsp3) is 0.389. The minimum Gasteiger partial charge on any atom is -0.481 e. The van der Waals surface area contributed by atoms with Gasteiger partial charge in [-0.15, -0.1) is 0 Å². The standard InChI is InChI=1S/C18H20N4O2/c1-14(24-17-7-2-5-15(11-17)12-19)18(23)21-9-3-6-16(13-21)22-10-4-8-20-22/h2,4-5,7-8,10-11,14,16H,3,6,9,13H2,1H3. The van der Waals surface area contributed by atoms with E-state index in [1.807, 2.05) is 21.8 Å². The van der Waals surface area contributed by atoms with E-state index in [1.165, 1.54) is 0 Å². The Bertz CT molecular complexity index is 736. The van der Waals surface area contributed by atoms with Crippen molar-refractivity contribution in [3.63, 3.8) is 0 Å². The Hall–Kier alpha value is -2.81. The van der Waals surface area contributed by atoms with Crippen molar-refractivity contribution >= 4 is 5.91 Å². The molecule has 0 bridgehead atoms. The maximum absolute atomic E-state index is 12.7. The number of aromatic nitrogens is 2. The Morgan fingerprint density at radius 2 is 2.33 bits per heavy atom. The van der Waals surface area contributed by atoms with Crippen molar-refractivity contribution in [2.45, 2.75) is 31.9 Å². The predicted molar refractivity (Wildman–Crippen MR) is 88.3 cm³/mol. The Balaban J connectivity index is 1.63. The molecule has 1 aliphatic heterocycles. The number of hydrogen-bond donors (Lipinski definition) is 0. The molecule has 0 radical (unpaired) electrons. The average Bonchev–Trinajstić information content (AvgIpc) is 3.16. The first-order valence-corrected chi connectivity index (χ1v) is 8.12. The van der Waals surface area contributed by atoms with Crippen molar-refractivity contribution in [2.24, 2.45) is 0 Å². The van der Waals surface area contributed by atoms with E-state index in [2.05, 4.69) is 11.2 Å². The van der Waals surface area contributed by atoms with Crippen molar-refractivity contribution in [1.29, 1.82) is 5.26 Å². The maximum Gasteiger partial charge on any atom is 0.263 e. The Morgan fingerprint density at radius 3 is 3.08 bits per heavy atom. The molecule has 0 spiro atoms. The van der Waals surface area contributed by atoms with Gasteiger partial charge in [0.25, 0.3) is 5.91 Å². The van der Waals surface area contributed by atoms with Crippen molar-refractivity contribution in [3.05, 3.63) is 48.3 Å². The minimum atomic E-state index is -0.588. The number of nitriles is 1. The van der Waals surface area contributed by atoms with E-state index in [0.29, 0.717) is 17.9 Å². The summed E-state index contributed by atoms with van der Waals surface area (Å²) in [7, 11) is 0. The number of piperidine rings is 1. The summed E-state index contributed by atoms with van der Waals surface area (Å²) in [6.45, 7) is 3.13. The van der Waals surface area contributed by atoms with Crippen LogP contribution in [0.2, 0.25) is 0 Å². The molecule has 0 aliphatic carbocycles. The number of likely N-dealkylation sites (tertiary alicyclic amines) is 1. The third-order valence-corrected chi connectivity index (χ3v) is 4.23. The molecule has 6 heteroatoms. The number of nitrogens with zero attached hydrogens (tertiary/aromatic N) is 4. The second kappa shape index (κ2) is 7.18. The zero-order chi connectivity index (χ0) is 16.9. The zero-order valence-electron chi connectivity index (χ0n) is 13.6. The first-order chi connectivity index (χ1) is 11.7. The SMILES string of the molecule is CC(Oc1cccc(C#N)c1)C(=O)N1CCCC(n2cccn2)C1. The van der Waals surface area contributed by atoms with Crippen LogP contribution in [0.25, 0.3) is 0 Å². The van der Waals surface area contributed by atoms with Crippen LogP contribution in [0.15, 0.2) is 42.7 Å². The molecule has 2 unspecified atom stereocenters. The van der Waals surface area contributed by atoms with Gasteiger partial charge in [-0.25, -0.2) is 0 Å². The van der Waals surface area contributed by atoms with E-state index in [0.717, 1.165) is 19.4 Å². The fourth-order valence-electron chi connectivity index (χ4n) is 3.02. The lowest BCUT2D eigenvalue weighted by atomic mass is 10.1. The van der Waals surface area contributed by atoms with Crippen LogP contribution in [0.1, 0.15) is 31.4 Å². The lowest BCUT2D eigenvalue weighted by molar-refractivity contribution is -0.139. The molecule has 1 amide bonds. The van der Waals surface area contributed by atoms with Crippen LogP contribution < -0.4 is 4.74 Å². The van der Waals surface area contributed by atoms with Gasteiger partial charge in [0, 0.05) is 25.5 Å². The molecule has 2 heterocycles. The van der Waals surface area contributed by atoms with Gasteiger partial charge in [-0.05, 0) is 44.0 Å². The number of carbonyl (C=O) groups is 1. The van der Waals surface area contributed by atoms with Gasteiger partial charge in [0.15, 0.2) is 6.10 Å². The lowest BCUT2D eigenvalue weighted by Crippen LogP contribution is -2.46. The van der Waals surface area contributed by atoms with Crippen LogP contribution >= 0.6 is 0 Å². The maximum atomic E-state index is 12.7. The summed E-state index contributed by atoms with van der Waals surface area (Å²) in [6, 6.07) is 11.0. The van der Waals surface area contributed by atoms with E-state index in [-0.39, 0.29) is 11.9 Å². The Morgan fingerprint density at radius 1 is 1.46 bits per heavy atom. The Labute approximate surface area is 141 Å². The van der Waals surface area contributed by atoms with E-state index >= 15 is 0 Å². The van der Waals surface area contributed by atoms with Gasteiger partial charge in [-0.2, -0.15) is 10.4 Å². The molecule has 1 fully saturated rings. The lowest BCUT2D eigenvalue weighted by Gasteiger charge is -2.34. The molecule has 124 valence electrons. The molecule has 1 aromatic heterocycles. The van der Waals surface area contributed by atoms with Gasteiger partial charge in [-0.1, -0.05) is 6.07 Å². The molecule has 1 aliphatic rings. The summed E-state index contributed by atoms with van der Waals surface area (Å²) in [5, 5.41) is 13.2. The molecule has 24 heavy (non-hydrogen) atoms. The molecule has 2 atom stereocenters. The zero-order valence-corrected chi connectivity index (χ0v) is 13.6. The summed E-state index contributed by atoms with van der Waals surface area (Å²) in [6.07, 6.45) is 5.08. The highest BCUT2D eigenvalue weighted by atomic mass is 16.5. The number of carbonyl (C=O) groups excluding carboxylic acids is 1. The van der Waals surface area contributed by atoms with E-state index < -0.39 is 6.10 Å². The monoisotopic (exact) mass is 324 g/mol. The predicted octanol–water partition coefficient (Wildman–Crippen LogP) is 2.39. The summed E-state index contributed by atoms with van der Waals surface area (Å²) in [4.78, 5) is 14.5. The first kappa shape index (κ1) is 16.1. The molecule has 1 saturated heterocycles. The first-order valence-electron chi connectivity index (χ1n) is 8.12. The van der Waals surface area contributed by atoms with Crippen LogP contribution in [0.4, 0.5) is 0 Å². The average molecular weight is 324 g/mol. The number of hydrogen-bond acceptors (Lipinski definition) is 4. The number of ether oxygens (including phenoxy) is 1. The molecule has 2 aromatic rings. The summed E-state index contributed by atoms with van der Waals surface area (Å²) in [5.41, 5.74) is 0.517. The van der Waals surface area contributed by atoms with Gasteiger partial charge in [0.05, 0.1) is 17.7 Å². The van der Waals surface area contributed by atoms with E-state index in [1.54, 1.807) is 37.4 Å². The van der Waals surface area contributed by atoms with Gasteiger partial charge in [-0.3, -0.25) is 9.48 Å². The van der Waals surface area contributed by atoms with Gasteiger partial charge >= 0.3 is 0 Å². The van der Waals surface area contributed by atoms with Gasteiger partial charge in [0.1, 0.15) is 5.75 Å². The Kier molecular flexibility index (Phi) is 4.80. The molecule has 1 aromatic carbocycles. The highest BCUT2D eigenvalue weighted by molar-refractivity contribution is 5.81. The summed E-state index contributed by atoms with van der Waals surface area (Å²) in [5.74, 6) is 0.504.